The average Bonchev–Trinajstić information content (AvgIpc) is 2.68. The van der Waals surface area contributed by atoms with Crippen molar-refractivity contribution in [2.24, 2.45) is 7.05 Å². The average molecular weight is 247 g/mol. The van der Waals surface area contributed by atoms with E-state index in [0.29, 0.717) is 5.82 Å². The van der Waals surface area contributed by atoms with E-state index in [4.69, 9.17) is 0 Å². The Morgan fingerprint density at radius 2 is 2.17 bits per heavy atom. The fourth-order valence-corrected chi connectivity index (χ4v) is 1.46. The fourth-order valence-electron chi connectivity index (χ4n) is 1.46. The molecule has 0 saturated carbocycles. The van der Waals surface area contributed by atoms with Crippen LogP contribution in [-0.4, -0.2) is 32.8 Å². The Balaban J connectivity index is 2.16. The maximum atomic E-state index is 11.2. The summed E-state index contributed by atoms with van der Waals surface area (Å²) in [6.45, 7) is 1.89. The molecule has 1 N–H and O–H groups in total. The lowest BCUT2D eigenvalue weighted by molar-refractivity contribution is 0.0593. The molecule has 0 radical (unpaired) electrons. The smallest absolute Gasteiger partial charge is 0.358 e. The van der Waals surface area contributed by atoms with Crippen molar-refractivity contribution < 1.29 is 9.53 Å². The Hall–Kier alpha value is -2.44. The van der Waals surface area contributed by atoms with Crippen LogP contribution in [0.2, 0.25) is 0 Å². The molecule has 0 spiro atoms. The van der Waals surface area contributed by atoms with Gasteiger partial charge in [0, 0.05) is 13.2 Å². The summed E-state index contributed by atoms with van der Waals surface area (Å²) in [7, 11) is 3.14. The van der Waals surface area contributed by atoms with Crippen molar-refractivity contribution in [1.29, 1.82) is 0 Å². The van der Waals surface area contributed by atoms with E-state index in [0.717, 1.165) is 11.4 Å². The first-order valence-electron chi connectivity index (χ1n) is 5.28. The predicted molar refractivity (Wildman–Crippen MR) is 64.6 cm³/mol. The van der Waals surface area contributed by atoms with Crippen LogP contribution in [0.15, 0.2) is 18.6 Å². The monoisotopic (exact) mass is 247 g/mol. The van der Waals surface area contributed by atoms with Crippen molar-refractivity contribution in [3.8, 4) is 0 Å². The van der Waals surface area contributed by atoms with Gasteiger partial charge in [-0.2, -0.15) is 5.10 Å². The summed E-state index contributed by atoms with van der Waals surface area (Å²) in [4.78, 5) is 19.2. The Morgan fingerprint density at radius 3 is 2.67 bits per heavy atom. The Bertz CT molecular complexity index is 561. The van der Waals surface area contributed by atoms with E-state index in [2.05, 4.69) is 25.1 Å². The maximum absolute atomic E-state index is 11.2. The maximum Gasteiger partial charge on any atom is 0.358 e. The van der Waals surface area contributed by atoms with Crippen molar-refractivity contribution in [2.45, 2.75) is 6.92 Å². The van der Waals surface area contributed by atoms with Crippen LogP contribution in [0, 0.1) is 6.92 Å². The van der Waals surface area contributed by atoms with E-state index < -0.39 is 5.97 Å². The molecule has 0 aliphatic carbocycles. The normalized spacial score (nSPS) is 10.2. The fraction of sp³-hybridized carbons (Fsp3) is 0.273. The first kappa shape index (κ1) is 12.0. The quantitative estimate of drug-likeness (QED) is 0.816. The zero-order valence-corrected chi connectivity index (χ0v) is 10.3. The molecule has 0 atom stereocenters. The molecule has 0 fully saturated rings. The molecule has 2 aromatic heterocycles. The van der Waals surface area contributed by atoms with Gasteiger partial charge >= 0.3 is 5.97 Å². The summed E-state index contributed by atoms with van der Waals surface area (Å²) in [6.07, 6.45) is 4.67. The first-order valence-corrected chi connectivity index (χ1v) is 5.28. The third kappa shape index (κ3) is 2.45. The summed E-state index contributed by atoms with van der Waals surface area (Å²) in [5.74, 6) is 0.0327. The molecule has 2 aromatic rings. The third-order valence-electron chi connectivity index (χ3n) is 2.32. The Morgan fingerprint density at radius 1 is 1.39 bits per heavy atom. The number of ether oxygens (including phenoxy) is 1. The number of esters is 1. The summed E-state index contributed by atoms with van der Waals surface area (Å²) in [5, 5.41) is 7.27. The molecular formula is C11H13N5O2. The van der Waals surface area contributed by atoms with Crippen LogP contribution < -0.4 is 5.32 Å². The topological polar surface area (TPSA) is 81.9 Å². The van der Waals surface area contributed by atoms with E-state index in [-0.39, 0.29) is 5.69 Å². The highest BCUT2D eigenvalue weighted by atomic mass is 16.5. The number of rotatable bonds is 3. The highest BCUT2D eigenvalue weighted by molar-refractivity contribution is 5.86. The molecule has 0 aliphatic rings. The number of anilines is 2. The number of methoxy groups -OCH3 is 1. The highest BCUT2D eigenvalue weighted by Gasteiger charge is 2.08. The van der Waals surface area contributed by atoms with Crippen LogP contribution in [0.1, 0.15) is 16.2 Å². The number of hydrogen-bond acceptors (Lipinski definition) is 6. The second-order valence-corrected chi connectivity index (χ2v) is 3.71. The van der Waals surface area contributed by atoms with Crippen molar-refractivity contribution in [3.05, 3.63) is 30.0 Å². The molecule has 7 heteroatoms. The van der Waals surface area contributed by atoms with Crippen LogP contribution in [0.5, 0.6) is 0 Å². The van der Waals surface area contributed by atoms with Gasteiger partial charge < -0.3 is 10.1 Å². The van der Waals surface area contributed by atoms with E-state index in [1.807, 2.05) is 20.2 Å². The van der Waals surface area contributed by atoms with Crippen LogP contribution in [0.4, 0.5) is 11.5 Å². The third-order valence-corrected chi connectivity index (χ3v) is 2.32. The van der Waals surface area contributed by atoms with Crippen molar-refractivity contribution in [2.75, 3.05) is 12.4 Å². The molecular weight excluding hydrogens is 234 g/mol. The van der Waals surface area contributed by atoms with E-state index in [1.54, 1.807) is 4.68 Å². The van der Waals surface area contributed by atoms with Gasteiger partial charge in [0.15, 0.2) is 5.69 Å². The van der Waals surface area contributed by atoms with Gasteiger partial charge in [-0.25, -0.2) is 14.8 Å². The van der Waals surface area contributed by atoms with Crippen LogP contribution in [-0.2, 0) is 11.8 Å². The summed E-state index contributed by atoms with van der Waals surface area (Å²) in [6, 6.07) is 0. The molecule has 18 heavy (non-hydrogen) atoms. The number of carbonyl (C=O) groups excluding carboxylic acids is 1. The lowest BCUT2D eigenvalue weighted by atomic mass is 10.4. The van der Waals surface area contributed by atoms with Gasteiger partial charge in [0.25, 0.3) is 0 Å². The number of nitrogens with zero attached hydrogens (tertiary/aromatic N) is 4. The molecule has 0 amide bonds. The molecule has 0 aliphatic heterocycles. The van der Waals surface area contributed by atoms with Crippen LogP contribution >= 0.6 is 0 Å². The lowest BCUT2D eigenvalue weighted by Gasteiger charge is -2.03. The molecule has 0 bridgehead atoms. The zero-order chi connectivity index (χ0) is 13.1. The molecule has 0 aromatic carbocycles. The Labute approximate surface area is 104 Å². The standard InChI is InChI=1S/C11H13N5O2/c1-7-9(6-16(2)15-7)14-10-5-12-8(4-13-10)11(17)18-3/h4-6H,1-3H3,(H,13,14). The first-order chi connectivity index (χ1) is 8.60. The SMILES string of the molecule is COC(=O)c1cnc(Nc2cn(C)nc2C)cn1. The van der Waals surface area contributed by atoms with Gasteiger partial charge in [-0.1, -0.05) is 0 Å². The van der Waals surface area contributed by atoms with Gasteiger partial charge in [-0.15, -0.1) is 0 Å². The minimum atomic E-state index is -0.508. The second kappa shape index (κ2) is 4.82. The number of aryl methyl sites for hydroxylation is 2. The number of nitrogens with one attached hydrogen (secondary N) is 1. The van der Waals surface area contributed by atoms with Crippen LogP contribution in [0.3, 0.4) is 0 Å². The predicted octanol–water partition coefficient (Wildman–Crippen LogP) is 1.05. The zero-order valence-electron chi connectivity index (χ0n) is 10.3. The summed E-state index contributed by atoms with van der Waals surface area (Å²) >= 11 is 0. The molecule has 94 valence electrons. The van der Waals surface area contributed by atoms with E-state index >= 15 is 0 Å². The molecule has 2 heterocycles. The minimum absolute atomic E-state index is 0.172. The second-order valence-electron chi connectivity index (χ2n) is 3.71. The van der Waals surface area contributed by atoms with Gasteiger partial charge in [-0.05, 0) is 6.92 Å². The molecule has 0 unspecified atom stereocenters. The van der Waals surface area contributed by atoms with Gasteiger partial charge in [0.1, 0.15) is 5.82 Å². The largest absolute Gasteiger partial charge is 0.464 e. The number of aromatic nitrogens is 4. The van der Waals surface area contributed by atoms with E-state index in [9.17, 15) is 4.79 Å². The molecule has 2 rings (SSSR count). The van der Waals surface area contributed by atoms with Crippen molar-refractivity contribution in [1.82, 2.24) is 19.7 Å². The molecule has 0 saturated heterocycles. The van der Waals surface area contributed by atoms with Gasteiger partial charge in [0.2, 0.25) is 0 Å². The number of carbonyl (C=O) groups is 1. The lowest BCUT2D eigenvalue weighted by Crippen LogP contribution is -2.05. The molecule has 7 nitrogen and oxygen atoms in total. The highest BCUT2D eigenvalue weighted by Crippen LogP contribution is 2.16. The summed E-state index contributed by atoms with van der Waals surface area (Å²) < 4.78 is 6.24. The number of hydrogen-bond donors (Lipinski definition) is 1. The van der Waals surface area contributed by atoms with Crippen LogP contribution in [0.25, 0.3) is 0 Å². The Kier molecular flexibility index (Phi) is 3.22. The van der Waals surface area contributed by atoms with Gasteiger partial charge in [0.05, 0.1) is 30.9 Å². The summed E-state index contributed by atoms with van der Waals surface area (Å²) in [5.41, 5.74) is 1.87. The van der Waals surface area contributed by atoms with Crippen molar-refractivity contribution in [3.63, 3.8) is 0 Å². The minimum Gasteiger partial charge on any atom is -0.464 e. The van der Waals surface area contributed by atoms with E-state index in [1.165, 1.54) is 19.5 Å². The van der Waals surface area contributed by atoms with Gasteiger partial charge in [-0.3, -0.25) is 4.68 Å². The van der Waals surface area contributed by atoms with Crippen molar-refractivity contribution >= 4 is 17.5 Å².